The van der Waals surface area contributed by atoms with E-state index in [-0.39, 0.29) is 6.04 Å². The molecule has 0 saturated carbocycles. The van der Waals surface area contributed by atoms with Gasteiger partial charge >= 0.3 is 0 Å². The molecule has 15 heavy (non-hydrogen) atoms. The summed E-state index contributed by atoms with van der Waals surface area (Å²) in [6.45, 7) is 2.05. The smallest absolute Gasteiger partial charge is 0.163 e. The van der Waals surface area contributed by atoms with Crippen LogP contribution >= 0.6 is 11.8 Å². The van der Waals surface area contributed by atoms with Gasteiger partial charge in [-0.25, -0.2) is 8.78 Å². The Kier molecular flexibility index (Phi) is 3.26. The topological polar surface area (TPSA) is 12.0 Å². The molecular formula is C11H13F2NS. The van der Waals surface area contributed by atoms with Crippen LogP contribution in [0.15, 0.2) is 18.2 Å². The van der Waals surface area contributed by atoms with Crippen LogP contribution in [0.4, 0.5) is 8.78 Å². The highest BCUT2D eigenvalue weighted by Gasteiger charge is 2.23. The fourth-order valence-electron chi connectivity index (χ4n) is 1.77. The van der Waals surface area contributed by atoms with Crippen LogP contribution in [-0.2, 0) is 0 Å². The lowest BCUT2D eigenvalue weighted by Gasteiger charge is -2.28. The highest BCUT2D eigenvalue weighted by Crippen LogP contribution is 2.26. The van der Waals surface area contributed by atoms with E-state index in [4.69, 9.17) is 0 Å². The van der Waals surface area contributed by atoms with Gasteiger partial charge in [0.05, 0.1) is 0 Å². The molecule has 1 heterocycles. The number of halogens is 2. The SMILES string of the molecule is CC1CSCC(c2cccc(F)c2F)N1. The molecule has 1 aliphatic rings. The molecule has 0 spiro atoms. The number of thioether (sulfide) groups is 1. The molecule has 82 valence electrons. The number of hydrogen-bond acceptors (Lipinski definition) is 2. The highest BCUT2D eigenvalue weighted by atomic mass is 32.2. The van der Waals surface area contributed by atoms with Gasteiger partial charge in [-0.05, 0) is 13.0 Å². The maximum atomic E-state index is 13.5. The summed E-state index contributed by atoms with van der Waals surface area (Å²) in [4.78, 5) is 0. The normalized spacial score (nSPS) is 26.6. The predicted molar refractivity (Wildman–Crippen MR) is 59.0 cm³/mol. The Hall–Kier alpha value is -0.610. The minimum absolute atomic E-state index is 0.0746. The molecule has 4 heteroatoms. The van der Waals surface area contributed by atoms with Crippen LogP contribution < -0.4 is 5.32 Å². The van der Waals surface area contributed by atoms with Crippen LogP contribution in [0.2, 0.25) is 0 Å². The summed E-state index contributed by atoms with van der Waals surface area (Å²) in [6, 6.07) is 4.62. The van der Waals surface area contributed by atoms with Crippen LogP contribution in [0.3, 0.4) is 0 Å². The summed E-state index contributed by atoms with van der Waals surface area (Å²) in [5, 5.41) is 3.27. The Morgan fingerprint density at radius 3 is 2.87 bits per heavy atom. The van der Waals surface area contributed by atoms with Gasteiger partial charge in [-0.15, -0.1) is 0 Å². The zero-order valence-electron chi connectivity index (χ0n) is 8.47. The van der Waals surface area contributed by atoms with Crippen molar-refractivity contribution in [2.24, 2.45) is 0 Å². The van der Waals surface area contributed by atoms with E-state index in [1.54, 1.807) is 23.9 Å². The Morgan fingerprint density at radius 1 is 1.33 bits per heavy atom. The molecule has 0 amide bonds. The lowest BCUT2D eigenvalue weighted by Crippen LogP contribution is -2.38. The molecule has 2 rings (SSSR count). The maximum Gasteiger partial charge on any atom is 0.163 e. The standard InChI is InChI=1S/C11H13F2NS/c1-7-5-15-6-10(14-7)8-3-2-4-9(12)11(8)13/h2-4,7,10,14H,5-6H2,1H3. The fraction of sp³-hybridized carbons (Fsp3) is 0.455. The molecule has 2 atom stereocenters. The molecule has 0 aliphatic carbocycles. The molecule has 1 aliphatic heterocycles. The van der Waals surface area contributed by atoms with Gasteiger partial charge in [0.15, 0.2) is 11.6 Å². The molecule has 0 aromatic heterocycles. The summed E-state index contributed by atoms with van der Waals surface area (Å²) in [5.41, 5.74) is 0.439. The van der Waals surface area contributed by atoms with Crippen molar-refractivity contribution in [3.05, 3.63) is 35.4 Å². The van der Waals surface area contributed by atoms with Crippen molar-refractivity contribution in [3.63, 3.8) is 0 Å². The first-order valence-electron chi connectivity index (χ1n) is 4.96. The number of rotatable bonds is 1. The summed E-state index contributed by atoms with van der Waals surface area (Å²) in [6.07, 6.45) is 0. The van der Waals surface area contributed by atoms with Gasteiger partial charge in [0.25, 0.3) is 0 Å². The van der Waals surface area contributed by atoms with Gasteiger partial charge in [0.2, 0.25) is 0 Å². The molecular weight excluding hydrogens is 216 g/mol. The van der Waals surface area contributed by atoms with Gasteiger partial charge in [-0.3, -0.25) is 0 Å². The Labute approximate surface area is 92.3 Å². The summed E-state index contributed by atoms with van der Waals surface area (Å²) < 4.78 is 26.5. The van der Waals surface area contributed by atoms with Gasteiger partial charge in [0, 0.05) is 29.2 Å². The minimum Gasteiger partial charge on any atom is -0.306 e. The molecule has 1 saturated heterocycles. The molecule has 1 N–H and O–H groups in total. The van der Waals surface area contributed by atoms with Crippen LogP contribution in [0.5, 0.6) is 0 Å². The lowest BCUT2D eigenvalue weighted by atomic mass is 10.1. The van der Waals surface area contributed by atoms with E-state index in [1.165, 1.54) is 0 Å². The zero-order chi connectivity index (χ0) is 10.8. The molecule has 2 unspecified atom stereocenters. The van der Waals surface area contributed by atoms with E-state index in [0.717, 1.165) is 17.6 Å². The minimum atomic E-state index is -0.766. The number of benzene rings is 1. The second kappa shape index (κ2) is 4.49. The van der Waals surface area contributed by atoms with Crippen molar-refractivity contribution in [2.75, 3.05) is 11.5 Å². The Balaban J connectivity index is 2.24. The average molecular weight is 229 g/mol. The molecule has 1 aromatic carbocycles. The first-order valence-corrected chi connectivity index (χ1v) is 6.11. The average Bonchev–Trinajstić information content (AvgIpc) is 2.22. The summed E-state index contributed by atoms with van der Waals surface area (Å²) in [5.74, 6) is 0.334. The third kappa shape index (κ3) is 2.32. The number of nitrogens with one attached hydrogen (secondary N) is 1. The second-order valence-electron chi connectivity index (χ2n) is 3.80. The van der Waals surface area contributed by atoms with E-state index in [9.17, 15) is 8.78 Å². The van der Waals surface area contributed by atoms with Crippen molar-refractivity contribution >= 4 is 11.8 Å². The second-order valence-corrected chi connectivity index (χ2v) is 4.88. The van der Waals surface area contributed by atoms with E-state index >= 15 is 0 Å². The third-order valence-electron chi connectivity index (χ3n) is 2.49. The molecule has 1 nitrogen and oxygen atoms in total. The molecule has 0 radical (unpaired) electrons. The first-order chi connectivity index (χ1) is 7.18. The highest BCUT2D eigenvalue weighted by molar-refractivity contribution is 7.99. The van der Waals surface area contributed by atoms with Crippen LogP contribution in [0.25, 0.3) is 0 Å². The zero-order valence-corrected chi connectivity index (χ0v) is 9.28. The molecule has 1 fully saturated rings. The van der Waals surface area contributed by atoms with Crippen LogP contribution in [0, 0.1) is 11.6 Å². The van der Waals surface area contributed by atoms with Gasteiger partial charge < -0.3 is 5.32 Å². The summed E-state index contributed by atoms with van der Waals surface area (Å²) >= 11 is 1.77. The van der Waals surface area contributed by atoms with Crippen molar-refractivity contribution in [2.45, 2.75) is 19.0 Å². The number of hydrogen-bond donors (Lipinski definition) is 1. The van der Waals surface area contributed by atoms with Gasteiger partial charge in [-0.1, -0.05) is 12.1 Å². The quantitative estimate of drug-likeness (QED) is 0.794. The van der Waals surface area contributed by atoms with Crippen molar-refractivity contribution in [1.29, 1.82) is 0 Å². The lowest BCUT2D eigenvalue weighted by molar-refractivity contribution is 0.453. The van der Waals surface area contributed by atoms with Crippen molar-refractivity contribution in [3.8, 4) is 0 Å². The maximum absolute atomic E-state index is 13.5. The van der Waals surface area contributed by atoms with E-state index in [0.29, 0.717) is 11.6 Å². The molecule has 0 bridgehead atoms. The predicted octanol–water partition coefficient (Wildman–Crippen LogP) is 2.73. The van der Waals surface area contributed by atoms with Crippen molar-refractivity contribution in [1.82, 2.24) is 5.32 Å². The third-order valence-corrected chi connectivity index (χ3v) is 3.80. The van der Waals surface area contributed by atoms with E-state index in [2.05, 4.69) is 12.2 Å². The first kappa shape index (κ1) is 10.9. The van der Waals surface area contributed by atoms with Crippen LogP contribution in [0.1, 0.15) is 18.5 Å². The van der Waals surface area contributed by atoms with Crippen LogP contribution in [-0.4, -0.2) is 17.5 Å². The Morgan fingerprint density at radius 2 is 2.13 bits per heavy atom. The Bertz CT molecular complexity index is 356. The van der Waals surface area contributed by atoms with E-state index < -0.39 is 11.6 Å². The van der Waals surface area contributed by atoms with Gasteiger partial charge in [-0.2, -0.15) is 11.8 Å². The fourth-order valence-corrected chi connectivity index (χ4v) is 2.87. The van der Waals surface area contributed by atoms with E-state index in [1.807, 2.05) is 0 Å². The largest absolute Gasteiger partial charge is 0.306 e. The van der Waals surface area contributed by atoms with Crippen molar-refractivity contribution < 1.29 is 8.78 Å². The monoisotopic (exact) mass is 229 g/mol. The summed E-state index contributed by atoms with van der Waals surface area (Å²) in [7, 11) is 0. The molecule has 1 aromatic rings. The van der Waals surface area contributed by atoms with Gasteiger partial charge in [0.1, 0.15) is 0 Å².